The number of carbonyl (C=O) groups excluding carboxylic acids is 1. The van der Waals surface area contributed by atoms with E-state index in [1.54, 1.807) is 31.0 Å². The molecule has 0 radical (unpaired) electrons. The number of hydrogen-bond acceptors (Lipinski definition) is 5. The molecule has 0 aliphatic heterocycles. The average Bonchev–Trinajstić information content (AvgIpc) is 2.91. The molecule has 0 spiro atoms. The number of benzene rings is 1. The molecule has 20 heavy (non-hydrogen) atoms. The van der Waals surface area contributed by atoms with Crippen LogP contribution in [0, 0.1) is 0 Å². The minimum absolute atomic E-state index is 0.268. The summed E-state index contributed by atoms with van der Waals surface area (Å²) in [5.41, 5.74) is 2.50. The van der Waals surface area contributed by atoms with E-state index >= 15 is 0 Å². The van der Waals surface area contributed by atoms with Crippen molar-refractivity contribution >= 4 is 22.5 Å². The van der Waals surface area contributed by atoms with Crippen LogP contribution in [0.3, 0.4) is 0 Å². The molecular formula is C14H13N3O3. The first kappa shape index (κ1) is 12.4. The zero-order valence-corrected chi connectivity index (χ0v) is 11.2. The summed E-state index contributed by atoms with van der Waals surface area (Å²) in [6.07, 6.45) is 3.21. The Morgan fingerprint density at radius 2 is 2.15 bits per heavy atom. The summed E-state index contributed by atoms with van der Waals surface area (Å²) in [7, 11) is 1.60. The Balaban J connectivity index is 2.24. The normalized spacial score (nSPS) is 10.9. The van der Waals surface area contributed by atoms with E-state index in [1.807, 2.05) is 18.2 Å². The molecule has 0 saturated carbocycles. The second kappa shape index (κ2) is 4.80. The highest BCUT2D eigenvalue weighted by Gasteiger charge is 2.16. The van der Waals surface area contributed by atoms with E-state index in [2.05, 4.69) is 9.97 Å². The van der Waals surface area contributed by atoms with Crippen molar-refractivity contribution in [1.29, 1.82) is 0 Å². The maximum atomic E-state index is 11.8. The van der Waals surface area contributed by atoms with E-state index < -0.39 is 5.97 Å². The largest absolute Gasteiger partial charge is 0.497 e. The topological polar surface area (TPSA) is 65.7 Å². The van der Waals surface area contributed by atoms with Gasteiger partial charge in [0.1, 0.15) is 12.1 Å². The van der Waals surface area contributed by atoms with Crippen molar-refractivity contribution in [2.45, 2.75) is 6.92 Å². The van der Waals surface area contributed by atoms with Crippen LogP contribution in [0.1, 0.15) is 17.4 Å². The maximum absolute atomic E-state index is 11.8. The number of esters is 1. The van der Waals surface area contributed by atoms with Crippen molar-refractivity contribution in [2.75, 3.05) is 13.7 Å². The molecule has 3 rings (SSSR count). The average molecular weight is 271 g/mol. The fraction of sp³-hybridized carbons (Fsp3) is 0.214. The van der Waals surface area contributed by atoms with Crippen molar-refractivity contribution in [1.82, 2.24) is 14.4 Å². The molecule has 102 valence electrons. The summed E-state index contributed by atoms with van der Waals surface area (Å²) in [6.45, 7) is 2.07. The number of rotatable bonds is 3. The van der Waals surface area contributed by atoms with E-state index in [9.17, 15) is 4.79 Å². The van der Waals surface area contributed by atoms with Gasteiger partial charge in [-0.1, -0.05) is 0 Å². The van der Waals surface area contributed by atoms with Crippen LogP contribution in [0.25, 0.3) is 16.6 Å². The number of imidazole rings is 1. The molecule has 0 unspecified atom stereocenters. The Hall–Kier alpha value is -2.63. The SMILES string of the molecule is CCOC(=O)c1ncn2c1cnc1ccc(OC)cc12. The van der Waals surface area contributed by atoms with Gasteiger partial charge in [0, 0.05) is 6.07 Å². The molecule has 0 aliphatic rings. The number of carbonyl (C=O) groups is 1. The first-order valence-electron chi connectivity index (χ1n) is 6.21. The molecule has 6 heteroatoms. The zero-order chi connectivity index (χ0) is 14.1. The van der Waals surface area contributed by atoms with Crippen molar-refractivity contribution in [3.8, 4) is 5.75 Å². The molecule has 0 saturated heterocycles. The summed E-state index contributed by atoms with van der Waals surface area (Å²) < 4.78 is 12.0. The molecular weight excluding hydrogens is 258 g/mol. The molecule has 0 fully saturated rings. The van der Waals surface area contributed by atoms with Gasteiger partial charge in [-0.25, -0.2) is 9.78 Å². The van der Waals surface area contributed by atoms with Crippen LogP contribution in [0.2, 0.25) is 0 Å². The standard InChI is InChI=1S/C14H13N3O3/c1-3-20-14(18)13-12-7-15-10-5-4-9(19-2)6-11(10)17(12)8-16-13/h4-8H,3H2,1-2H3. The van der Waals surface area contributed by atoms with Crippen molar-refractivity contribution in [2.24, 2.45) is 0 Å². The van der Waals surface area contributed by atoms with Crippen LogP contribution >= 0.6 is 0 Å². The fourth-order valence-corrected chi connectivity index (χ4v) is 2.09. The van der Waals surface area contributed by atoms with Gasteiger partial charge in [0.25, 0.3) is 0 Å². The molecule has 0 atom stereocenters. The summed E-state index contributed by atoms with van der Waals surface area (Å²) >= 11 is 0. The number of nitrogens with zero attached hydrogens (tertiary/aromatic N) is 3. The van der Waals surface area contributed by atoms with Crippen molar-refractivity contribution < 1.29 is 14.3 Å². The molecule has 0 amide bonds. The van der Waals surface area contributed by atoms with E-state index in [0.29, 0.717) is 12.1 Å². The van der Waals surface area contributed by atoms with Crippen LogP contribution in [-0.2, 0) is 4.74 Å². The van der Waals surface area contributed by atoms with Crippen molar-refractivity contribution in [3.05, 3.63) is 36.4 Å². The summed E-state index contributed by atoms with van der Waals surface area (Å²) in [5.74, 6) is 0.275. The fourth-order valence-electron chi connectivity index (χ4n) is 2.09. The number of hydrogen-bond donors (Lipinski definition) is 0. The van der Waals surface area contributed by atoms with Crippen LogP contribution in [0.4, 0.5) is 0 Å². The van der Waals surface area contributed by atoms with E-state index in [-0.39, 0.29) is 5.69 Å². The Morgan fingerprint density at radius 1 is 1.30 bits per heavy atom. The predicted octanol–water partition coefficient (Wildman–Crippen LogP) is 2.07. The molecule has 0 aliphatic carbocycles. The number of fused-ring (bicyclic) bond motifs is 3. The molecule has 0 bridgehead atoms. The monoisotopic (exact) mass is 271 g/mol. The Morgan fingerprint density at radius 3 is 2.90 bits per heavy atom. The van der Waals surface area contributed by atoms with Gasteiger partial charge in [-0.2, -0.15) is 0 Å². The van der Waals surface area contributed by atoms with Gasteiger partial charge in [0.15, 0.2) is 5.69 Å². The molecule has 6 nitrogen and oxygen atoms in total. The molecule has 2 aromatic heterocycles. The Bertz CT molecular complexity index is 795. The van der Waals surface area contributed by atoms with Gasteiger partial charge in [-0.3, -0.25) is 9.38 Å². The summed E-state index contributed by atoms with van der Waals surface area (Å²) in [4.78, 5) is 20.3. The van der Waals surface area contributed by atoms with Crippen molar-refractivity contribution in [3.63, 3.8) is 0 Å². The minimum atomic E-state index is -0.445. The lowest BCUT2D eigenvalue weighted by atomic mass is 10.2. The third kappa shape index (κ3) is 1.85. The highest BCUT2D eigenvalue weighted by atomic mass is 16.5. The zero-order valence-electron chi connectivity index (χ0n) is 11.2. The number of ether oxygens (including phenoxy) is 2. The van der Waals surface area contributed by atoms with Gasteiger partial charge in [0.05, 0.1) is 36.5 Å². The van der Waals surface area contributed by atoms with Gasteiger partial charge < -0.3 is 9.47 Å². The van der Waals surface area contributed by atoms with Gasteiger partial charge in [-0.15, -0.1) is 0 Å². The molecule has 0 N–H and O–H groups in total. The number of methoxy groups -OCH3 is 1. The summed E-state index contributed by atoms with van der Waals surface area (Å²) in [6, 6.07) is 5.55. The van der Waals surface area contributed by atoms with Gasteiger partial charge in [-0.05, 0) is 19.1 Å². The maximum Gasteiger partial charge on any atom is 0.359 e. The first-order valence-corrected chi connectivity index (χ1v) is 6.21. The second-order valence-corrected chi connectivity index (χ2v) is 4.18. The van der Waals surface area contributed by atoms with E-state index in [0.717, 1.165) is 16.8 Å². The number of aromatic nitrogens is 3. The Labute approximate surface area is 115 Å². The molecule has 2 heterocycles. The third-order valence-corrected chi connectivity index (χ3v) is 3.04. The van der Waals surface area contributed by atoms with Crippen LogP contribution < -0.4 is 4.74 Å². The van der Waals surface area contributed by atoms with Crippen LogP contribution in [0.15, 0.2) is 30.7 Å². The van der Waals surface area contributed by atoms with Crippen LogP contribution in [-0.4, -0.2) is 34.1 Å². The van der Waals surface area contributed by atoms with Crippen LogP contribution in [0.5, 0.6) is 5.75 Å². The lowest BCUT2D eigenvalue weighted by Gasteiger charge is -2.05. The molecule has 3 aromatic rings. The highest BCUT2D eigenvalue weighted by Crippen LogP contribution is 2.22. The molecule has 1 aromatic carbocycles. The quantitative estimate of drug-likeness (QED) is 0.682. The van der Waals surface area contributed by atoms with E-state index in [4.69, 9.17) is 9.47 Å². The Kier molecular flexibility index (Phi) is 2.98. The lowest BCUT2D eigenvalue weighted by molar-refractivity contribution is 0.0522. The third-order valence-electron chi connectivity index (χ3n) is 3.04. The minimum Gasteiger partial charge on any atom is -0.497 e. The smallest absolute Gasteiger partial charge is 0.359 e. The first-order chi connectivity index (χ1) is 9.74. The second-order valence-electron chi connectivity index (χ2n) is 4.18. The van der Waals surface area contributed by atoms with Gasteiger partial charge in [0.2, 0.25) is 0 Å². The van der Waals surface area contributed by atoms with Gasteiger partial charge >= 0.3 is 5.97 Å². The lowest BCUT2D eigenvalue weighted by Crippen LogP contribution is -2.05. The summed E-state index contributed by atoms with van der Waals surface area (Å²) in [5, 5.41) is 0. The predicted molar refractivity (Wildman–Crippen MR) is 73.0 cm³/mol. The van der Waals surface area contributed by atoms with E-state index in [1.165, 1.54) is 0 Å². The highest BCUT2D eigenvalue weighted by molar-refractivity contribution is 5.96.